The highest BCUT2D eigenvalue weighted by molar-refractivity contribution is 6.31. The molecule has 1 saturated heterocycles. The van der Waals surface area contributed by atoms with Crippen LogP contribution in [0.3, 0.4) is 0 Å². The van der Waals surface area contributed by atoms with Gasteiger partial charge in [0.15, 0.2) is 23.1 Å². The fraction of sp³-hybridized carbons (Fsp3) is 0.263. The first kappa shape index (κ1) is 30.7. The molecule has 0 bridgehead atoms. The molecule has 238 valence electrons. The summed E-state index contributed by atoms with van der Waals surface area (Å²) >= 11 is 0. The first-order valence-electron chi connectivity index (χ1n) is 15.9. The van der Waals surface area contributed by atoms with Crippen LogP contribution in [0.4, 0.5) is 11.4 Å². The van der Waals surface area contributed by atoms with Crippen LogP contribution in [0, 0.1) is 0 Å². The van der Waals surface area contributed by atoms with E-state index in [1.54, 1.807) is 72.8 Å². The van der Waals surface area contributed by atoms with Crippen LogP contribution in [0.25, 0.3) is 0 Å². The number of carbonyl (C=O) groups excluding carboxylic acids is 4. The molecule has 0 aromatic heterocycles. The van der Waals surface area contributed by atoms with Crippen LogP contribution in [-0.4, -0.2) is 89.0 Å². The van der Waals surface area contributed by atoms with Gasteiger partial charge in [-0.2, -0.15) is 0 Å². The SMILES string of the molecule is O=C1c2ccccc2C(=O)c2c1cccc2N1CCOCCOCCN(c2cccc3c2C(=O)c2ccccc2C3=O)CCOCC1. The van der Waals surface area contributed by atoms with Gasteiger partial charge >= 0.3 is 0 Å². The fourth-order valence-corrected chi connectivity index (χ4v) is 6.61. The molecule has 4 aromatic carbocycles. The standard InChI is InChI=1S/C38H34N2O7/c41-35-25-7-1-3-9-27(25)37(43)33-29(35)11-5-13-31(33)39-15-19-45-20-16-40(18-22-47-24-23-46-21-17-39)32-14-6-12-30-34(32)38(44)28-10-4-2-8-26(28)36(30)42/h1-14H,15-24H2. The van der Waals surface area contributed by atoms with E-state index in [2.05, 4.69) is 0 Å². The van der Waals surface area contributed by atoms with Crippen molar-refractivity contribution in [3.05, 3.63) is 129 Å². The second-order valence-electron chi connectivity index (χ2n) is 11.6. The normalized spacial score (nSPS) is 17.6. The van der Waals surface area contributed by atoms with Crippen LogP contribution in [0.2, 0.25) is 0 Å². The molecular formula is C38H34N2O7. The van der Waals surface area contributed by atoms with E-state index in [9.17, 15) is 19.2 Å². The maximum Gasteiger partial charge on any atom is 0.196 e. The molecule has 0 radical (unpaired) electrons. The van der Waals surface area contributed by atoms with Crippen LogP contribution < -0.4 is 9.80 Å². The van der Waals surface area contributed by atoms with Crippen molar-refractivity contribution < 1.29 is 33.4 Å². The maximum atomic E-state index is 13.7. The summed E-state index contributed by atoms with van der Waals surface area (Å²) < 4.78 is 17.9. The smallest absolute Gasteiger partial charge is 0.196 e. The van der Waals surface area contributed by atoms with E-state index >= 15 is 0 Å². The summed E-state index contributed by atoms with van der Waals surface area (Å²) in [5.74, 6) is -0.664. The Morgan fingerprint density at radius 2 is 0.681 bits per heavy atom. The molecular weight excluding hydrogens is 596 g/mol. The molecule has 0 unspecified atom stereocenters. The molecule has 0 amide bonds. The summed E-state index contributed by atoms with van der Waals surface area (Å²) in [6.45, 7) is 4.16. The van der Waals surface area contributed by atoms with Gasteiger partial charge in [-0.3, -0.25) is 19.2 Å². The highest BCUT2D eigenvalue weighted by Gasteiger charge is 2.34. The van der Waals surface area contributed by atoms with Gasteiger partial charge < -0.3 is 24.0 Å². The Kier molecular flexibility index (Phi) is 8.76. The van der Waals surface area contributed by atoms with Gasteiger partial charge in [-0.1, -0.05) is 72.8 Å². The van der Waals surface area contributed by atoms with Crippen LogP contribution in [-0.2, 0) is 14.2 Å². The zero-order valence-corrected chi connectivity index (χ0v) is 25.9. The number of rotatable bonds is 2. The summed E-state index contributed by atoms with van der Waals surface area (Å²) in [6, 6.07) is 24.6. The lowest BCUT2D eigenvalue weighted by Crippen LogP contribution is -2.35. The molecule has 0 N–H and O–H groups in total. The molecule has 1 aliphatic heterocycles. The molecule has 4 aromatic rings. The molecule has 3 aliphatic rings. The minimum Gasteiger partial charge on any atom is -0.378 e. The zero-order chi connectivity index (χ0) is 32.3. The summed E-state index contributed by atoms with van der Waals surface area (Å²) in [5.41, 5.74) is 4.60. The van der Waals surface area contributed by atoms with Crippen molar-refractivity contribution >= 4 is 34.5 Å². The van der Waals surface area contributed by atoms with Gasteiger partial charge in [0.05, 0.1) is 50.8 Å². The number of ether oxygens (including phenoxy) is 3. The van der Waals surface area contributed by atoms with E-state index in [-0.39, 0.29) is 23.1 Å². The van der Waals surface area contributed by atoms with Gasteiger partial charge in [0.2, 0.25) is 0 Å². The fourth-order valence-electron chi connectivity index (χ4n) is 6.61. The largest absolute Gasteiger partial charge is 0.378 e. The molecule has 2 aliphatic carbocycles. The number of benzene rings is 4. The summed E-state index contributed by atoms with van der Waals surface area (Å²) in [4.78, 5) is 58.2. The van der Waals surface area contributed by atoms with Crippen LogP contribution in [0.15, 0.2) is 84.9 Å². The third kappa shape index (κ3) is 5.78. The summed E-state index contributed by atoms with van der Waals surface area (Å²) in [7, 11) is 0. The van der Waals surface area contributed by atoms with Crippen LogP contribution in [0.1, 0.15) is 63.7 Å². The number of fused-ring (bicyclic) bond motifs is 4. The Bertz CT molecular complexity index is 1750. The summed E-state index contributed by atoms with van der Waals surface area (Å²) in [5, 5.41) is 0. The van der Waals surface area contributed by atoms with Crippen molar-refractivity contribution in [1.82, 2.24) is 0 Å². The topological polar surface area (TPSA) is 102 Å². The molecule has 47 heavy (non-hydrogen) atoms. The first-order chi connectivity index (χ1) is 23.0. The minimum atomic E-state index is -0.172. The van der Waals surface area contributed by atoms with Crippen molar-refractivity contribution in [2.75, 3.05) is 75.6 Å². The number of nitrogens with zero attached hydrogens (tertiary/aromatic N) is 2. The minimum absolute atomic E-state index is 0.160. The Morgan fingerprint density at radius 3 is 1.06 bits per heavy atom. The van der Waals surface area contributed by atoms with Crippen molar-refractivity contribution in [1.29, 1.82) is 0 Å². The van der Waals surface area contributed by atoms with Crippen LogP contribution in [0.5, 0.6) is 0 Å². The number of ketones is 4. The molecule has 9 heteroatoms. The van der Waals surface area contributed by atoms with Crippen LogP contribution >= 0.6 is 0 Å². The van der Waals surface area contributed by atoms with Gasteiger partial charge in [-0.15, -0.1) is 0 Å². The van der Waals surface area contributed by atoms with Gasteiger partial charge in [0.25, 0.3) is 0 Å². The van der Waals surface area contributed by atoms with Crippen molar-refractivity contribution in [3.8, 4) is 0 Å². The molecule has 0 saturated carbocycles. The number of carbonyl (C=O) groups is 4. The maximum absolute atomic E-state index is 13.7. The van der Waals surface area contributed by atoms with Gasteiger partial charge in [0, 0.05) is 70.9 Å². The molecule has 9 nitrogen and oxygen atoms in total. The van der Waals surface area contributed by atoms with Crippen molar-refractivity contribution in [2.45, 2.75) is 0 Å². The van der Waals surface area contributed by atoms with Crippen molar-refractivity contribution in [3.63, 3.8) is 0 Å². The predicted octanol–water partition coefficient (Wildman–Crippen LogP) is 4.61. The third-order valence-electron chi connectivity index (χ3n) is 8.94. The van der Waals surface area contributed by atoms with E-state index in [0.29, 0.717) is 122 Å². The Balaban J connectivity index is 1.11. The number of hydrogen-bond donors (Lipinski definition) is 0. The Labute approximate surface area is 272 Å². The van der Waals surface area contributed by atoms with E-state index in [0.717, 1.165) is 0 Å². The molecule has 0 atom stereocenters. The van der Waals surface area contributed by atoms with Gasteiger partial charge in [-0.25, -0.2) is 0 Å². The van der Waals surface area contributed by atoms with E-state index in [1.807, 2.05) is 21.9 Å². The van der Waals surface area contributed by atoms with Gasteiger partial charge in [0.1, 0.15) is 0 Å². The number of hydrogen-bond acceptors (Lipinski definition) is 9. The lowest BCUT2D eigenvalue weighted by atomic mass is 9.83. The van der Waals surface area contributed by atoms with E-state index in [4.69, 9.17) is 14.2 Å². The highest BCUT2D eigenvalue weighted by Crippen LogP contribution is 2.35. The average Bonchev–Trinajstić information content (AvgIpc) is 3.12. The number of anilines is 2. The van der Waals surface area contributed by atoms with Crippen molar-refractivity contribution in [2.24, 2.45) is 0 Å². The monoisotopic (exact) mass is 630 g/mol. The first-order valence-corrected chi connectivity index (χ1v) is 15.9. The molecule has 0 spiro atoms. The second-order valence-corrected chi connectivity index (χ2v) is 11.6. The highest BCUT2D eigenvalue weighted by atomic mass is 16.5. The lowest BCUT2D eigenvalue weighted by molar-refractivity contribution is 0.0530. The third-order valence-corrected chi connectivity index (χ3v) is 8.94. The Morgan fingerprint density at radius 1 is 0.362 bits per heavy atom. The summed E-state index contributed by atoms with van der Waals surface area (Å²) in [6.07, 6.45) is 0. The average molecular weight is 631 g/mol. The van der Waals surface area contributed by atoms with E-state index < -0.39 is 0 Å². The van der Waals surface area contributed by atoms with Gasteiger partial charge in [-0.05, 0) is 12.1 Å². The lowest BCUT2D eigenvalue weighted by Gasteiger charge is -2.30. The molecule has 7 rings (SSSR count). The molecule has 1 fully saturated rings. The Hall–Kier alpha value is -4.96. The van der Waals surface area contributed by atoms with E-state index in [1.165, 1.54) is 0 Å². The second kappa shape index (κ2) is 13.4. The zero-order valence-electron chi connectivity index (χ0n) is 25.9. The predicted molar refractivity (Wildman–Crippen MR) is 176 cm³/mol. The molecule has 1 heterocycles. The quantitative estimate of drug-likeness (QED) is 0.271.